The van der Waals surface area contributed by atoms with Crippen LogP contribution in [0.2, 0.25) is 0 Å². The van der Waals surface area contributed by atoms with E-state index in [0.29, 0.717) is 0 Å². The van der Waals surface area contributed by atoms with E-state index in [0.717, 1.165) is 12.6 Å². The van der Waals surface area contributed by atoms with Gasteiger partial charge in [0.05, 0.1) is 0 Å². The first-order valence-electron chi connectivity index (χ1n) is 4.37. The maximum Gasteiger partial charge on any atom is 0.00675 e. The number of hydrogen-bond donors (Lipinski definition) is 2. The van der Waals surface area contributed by atoms with Gasteiger partial charge in [0.2, 0.25) is 0 Å². The summed E-state index contributed by atoms with van der Waals surface area (Å²) < 4.78 is 0. The summed E-state index contributed by atoms with van der Waals surface area (Å²) >= 11 is 0. The van der Waals surface area contributed by atoms with Crippen LogP contribution >= 0.6 is 0 Å². The van der Waals surface area contributed by atoms with Crippen molar-refractivity contribution in [1.29, 1.82) is 0 Å². The fourth-order valence-electron chi connectivity index (χ4n) is 1.54. The highest BCUT2D eigenvalue weighted by Crippen LogP contribution is 2.11. The lowest BCUT2D eigenvalue weighted by Crippen LogP contribution is -2.21. The molecule has 0 aromatic rings. The minimum atomic E-state index is 0. The van der Waals surface area contributed by atoms with Crippen molar-refractivity contribution in [3.63, 3.8) is 0 Å². The third-order valence-corrected chi connectivity index (χ3v) is 2.17. The fourth-order valence-corrected chi connectivity index (χ4v) is 1.54. The van der Waals surface area contributed by atoms with Crippen molar-refractivity contribution in [2.24, 2.45) is 5.73 Å². The van der Waals surface area contributed by atoms with Gasteiger partial charge in [-0.1, -0.05) is 6.42 Å². The monoisotopic (exact) mass is 146 g/mol. The van der Waals surface area contributed by atoms with E-state index >= 15 is 0 Å². The molecule has 0 bridgehead atoms. The fraction of sp³-hybridized carbons (Fsp3) is 1.00. The maximum atomic E-state index is 5.39. The van der Waals surface area contributed by atoms with Crippen LogP contribution < -0.4 is 11.1 Å². The van der Waals surface area contributed by atoms with Gasteiger partial charge in [-0.05, 0) is 38.8 Å². The number of nitrogens with two attached hydrogens (primary N) is 1. The summed E-state index contributed by atoms with van der Waals surface area (Å²) in [7, 11) is 0. The molecular formula is C8H22N2. The highest BCUT2D eigenvalue weighted by Gasteiger charge is 2.12. The van der Waals surface area contributed by atoms with E-state index in [1.165, 1.54) is 38.6 Å². The molecule has 1 rings (SSSR count). The Morgan fingerprint density at radius 1 is 1.50 bits per heavy atom. The van der Waals surface area contributed by atoms with Crippen molar-refractivity contribution < 1.29 is 2.85 Å². The predicted octanol–water partition coefficient (Wildman–Crippen LogP) is 1.36. The van der Waals surface area contributed by atoms with Gasteiger partial charge < -0.3 is 11.1 Å². The summed E-state index contributed by atoms with van der Waals surface area (Å²) in [6, 6.07) is 0.812. The molecule has 1 atom stereocenters. The Balaban J connectivity index is 0. The first-order chi connectivity index (χ1) is 4.93. The van der Waals surface area contributed by atoms with Gasteiger partial charge >= 0.3 is 0 Å². The van der Waals surface area contributed by atoms with Crippen LogP contribution in [0.1, 0.15) is 35.0 Å². The molecule has 1 aliphatic rings. The molecule has 0 aliphatic carbocycles. The Morgan fingerprint density at radius 2 is 2.40 bits per heavy atom. The molecular weight excluding hydrogens is 124 g/mol. The number of hydrogen-bond acceptors (Lipinski definition) is 2. The van der Waals surface area contributed by atoms with Crippen LogP contribution in [0, 0.1) is 0 Å². The van der Waals surface area contributed by atoms with Crippen LogP contribution in [-0.4, -0.2) is 19.1 Å². The summed E-state index contributed by atoms with van der Waals surface area (Å²) in [4.78, 5) is 0. The highest BCUT2D eigenvalue weighted by atomic mass is 14.9. The molecule has 0 amide bonds. The molecule has 0 radical (unpaired) electrons. The quantitative estimate of drug-likeness (QED) is 0.588. The second-order valence-corrected chi connectivity index (χ2v) is 3.08. The number of rotatable bonds is 4. The second-order valence-electron chi connectivity index (χ2n) is 3.08. The predicted molar refractivity (Wildman–Crippen MR) is 48.2 cm³/mol. The van der Waals surface area contributed by atoms with E-state index in [2.05, 4.69) is 5.32 Å². The summed E-state index contributed by atoms with van der Waals surface area (Å²) in [6.07, 6.45) is 6.57. The molecule has 1 aliphatic heterocycles. The van der Waals surface area contributed by atoms with Crippen LogP contribution in [0.3, 0.4) is 0 Å². The van der Waals surface area contributed by atoms with Gasteiger partial charge in [-0.2, -0.15) is 0 Å². The molecule has 64 valence electrons. The largest absolute Gasteiger partial charge is 0.330 e. The van der Waals surface area contributed by atoms with Gasteiger partial charge in [0, 0.05) is 8.90 Å². The van der Waals surface area contributed by atoms with Gasteiger partial charge in [-0.15, -0.1) is 0 Å². The van der Waals surface area contributed by atoms with Crippen molar-refractivity contribution in [2.45, 2.75) is 38.1 Å². The number of nitrogens with one attached hydrogen (secondary N) is 1. The minimum absolute atomic E-state index is 0. The molecule has 1 saturated heterocycles. The van der Waals surface area contributed by atoms with Crippen LogP contribution in [0.25, 0.3) is 0 Å². The maximum absolute atomic E-state index is 5.39. The van der Waals surface area contributed by atoms with E-state index in [-0.39, 0.29) is 2.85 Å². The standard InChI is InChI=1S/C8H18N2.2H2/c9-6-2-1-4-8-5-3-7-10-8;;/h8,10H,1-7,9H2;2*1H/t8-;;/m0../s1. The minimum Gasteiger partial charge on any atom is -0.330 e. The molecule has 2 nitrogen and oxygen atoms in total. The van der Waals surface area contributed by atoms with Crippen LogP contribution in [0.15, 0.2) is 0 Å². The number of unbranched alkanes of at least 4 members (excludes halogenated alkanes) is 1. The molecule has 0 aromatic carbocycles. The van der Waals surface area contributed by atoms with Gasteiger partial charge in [0.15, 0.2) is 0 Å². The topological polar surface area (TPSA) is 38.0 Å². The Hall–Kier alpha value is -0.0800. The van der Waals surface area contributed by atoms with Gasteiger partial charge in [-0.3, -0.25) is 0 Å². The van der Waals surface area contributed by atoms with E-state index in [1.807, 2.05) is 0 Å². The Bertz CT molecular complexity index is 85.1. The van der Waals surface area contributed by atoms with E-state index < -0.39 is 0 Å². The van der Waals surface area contributed by atoms with E-state index in [9.17, 15) is 0 Å². The average molecular weight is 146 g/mol. The van der Waals surface area contributed by atoms with E-state index in [1.54, 1.807) is 0 Å². The molecule has 0 saturated carbocycles. The molecule has 1 fully saturated rings. The summed E-state index contributed by atoms with van der Waals surface area (Å²) in [5.74, 6) is 0. The third kappa shape index (κ3) is 2.67. The summed E-state index contributed by atoms with van der Waals surface area (Å²) in [5, 5.41) is 3.47. The Morgan fingerprint density at radius 3 is 3.00 bits per heavy atom. The summed E-state index contributed by atoms with van der Waals surface area (Å²) in [5.41, 5.74) is 5.39. The zero-order valence-electron chi connectivity index (χ0n) is 6.60. The molecule has 10 heavy (non-hydrogen) atoms. The van der Waals surface area contributed by atoms with Crippen LogP contribution in [-0.2, 0) is 0 Å². The highest BCUT2D eigenvalue weighted by molar-refractivity contribution is 4.73. The Labute approximate surface area is 66.1 Å². The van der Waals surface area contributed by atoms with Crippen LogP contribution in [0.4, 0.5) is 0 Å². The van der Waals surface area contributed by atoms with Gasteiger partial charge in [-0.25, -0.2) is 0 Å². The second kappa shape index (κ2) is 4.69. The van der Waals surface area contributed by atoms with Crippen molar-refractivity contribution in [3.05, 3.63) is 0 Å². The summed E-state index contributed by atoms with van der Waals surface area (Å²) in [6.45, 7) is 2.08. The lowest BCUT2D eigenvalue weighted by atomic mass is 10.1. The van der Waals surface area contributed by atoms with Crippen molar-refractivity contribution in [2.75, 3.05) is 13.1 Å². The zero-order valence-corrected chi connectivity index (χ0v) is 6.60. The van der Waals surface area contributed by atoms with Crippen molar-refractivity contribution in [3.8, 4) is 0 Å². The zero-order chi connectivity index (χ0) is 7.23. The van der Waals surface area contributed by atoms with Crippen molar-refractivity contribution >= 4 is 0 Å². The first-order valence-corrected chi connectivity index (χ1v) is 4.37. The average Bonchev–Trinajstić information content (AvgIpc) is 2.41. The molecule has 0 aromatic heterocycles. The Kier molecular flexibility index (Phi) is 3.76. The molecule has 3 N–H and O–H groups in total. The van der Waals surface area contributed by atoms with Crippen molar-refractivity contribution in [1.82, 2.24) is 5.32 Å². The normalized spacial score (nSPS) is 25.5. The first kappa shape index (κ1) is 8.02. The third-order valence-electron chi connectivity index (χ3n) is 2.17. The SMILES string of the molecule is NCCCC[C@H]1CCCN1.[HH].[HH]. The van der Waals surface area contributed by atoms with E-state index in [4.69, 9.17) is 5.73 Å². The van der Waals surface area contributed by atoms with Gasteiger partial charge in [0.25, 0.3) is 0 Å². The molecule has 1 heterocycles. The lowest BCUT2D eigenvalue weighted by Gasteiger charge is -2.07. The van der Waals surface area contributed by atoms with Crippen LogP contribution in [0.5, 0.6) is 0 Å². The lowest BCUT2D eigenvalue weighted by molar-refractivity contribution is 0.525. The molecule has 0 unspecified atom stereocenters. The van der Waals surface area contributed by atoms with Gasteiger partial charge in [0.1, 0.15) is 0 Å². The molecule has 2 heteroatoms. The smallest absolute Gasteiger partial charge is 0.00675 e. The molecule has 0 spiro atoms.